The summed E-state index contributed by atoms with van der Waals surface area (Å²) < 4.78 is 2.44. The van der Waals surface area contributed by atoms with Gasteiger partial charge in [-0.2, -0.15) is 0 Å². The first kappa shape index (κ1) is 19.1. The van der Waals surface area contributed by atoms with Crippen molar-refractivity contribution in [3.8, 4) is 11.3 Å². The van der Waals surface area contributed by atoms with Crippen molar-refractivity contribution in [2.24, 2.45) is 0 Å². The smallest absolute Gasteiger partial charge is 0.156 e. The maximum absolute atomic E-state index is 5.03. The molecule has 1 aliphatic rings. The van der Waals surface area contributed by atoms with Crippen LogP contribution in [0.4, 0.5) is 5.82 Å². The highest BCUT2D eigenvalue weighted by molar-refractivity contribution is 7.97. The van der Waals surface area contributed by atoms with E-state index in [0.29, 0.717) is 0 Å². The molecule has 5 rings (SSSR count). The fourth-order valence-electron chi connectivity index (χ4n) is 3.74. The summed E-state index contributed by atoms with van der Waals surface area (Å²) in [5.74, 6) is 0.986. The Bertz CT molecular complexity index is 1140. The Balaban J connectivity index is 1.40. The molecule has 1 aliphatic heterocycles. The van der Waals surface area contributed by atoms with Crippen LogP contribution in [0.1, 0.15) is 5.56 Å². The molecule has 0 radical (unpaired) electrons. The van der Waals surface area contributed by atoms with Crippen LogP contribution in [-0.2, 0) is 0 Å². The van der Waals surface area contributed by atoms with Crippen LogP contribution in [0, 0.1) is 6.92 Å². The SMILES string of the molecule is Cc1ccc(SN2CCN(c3nc4ccccc4nc3-c3ccccc3)CC2)cc1. The van der Waals surface area contributed by atoms with Crippen molar-refractivity contribution < 1.29 is 0 Å². The highest BCUT2D eigenvalue weighted by Gasteiger charge is 2.23. The van der Waals surface area contributed by atoms with E-state index in [1.54, 1.807) is 0 Å². The zero-order valence-electron chi connectivity index (χ0n) is 17.0. The van der Waals surface area contributed by atoms with Crippen molar-refractivity contribution in [1.82, 2.24) is 14.3 Å². The van der Waals surface area contributed by atoms with Gasteiger partial charge in [-0.3, -0.25) is 0 Å². The van der Waals surface area contributed by atoms with Crippen LogP contribution in [0.5, 0.6) is 0 Å². The van der Waals surface area contributed by atoms with Crippen molar-refractivity contribution in [3.63, 3.8) is 0 Å². The fraction of sp³-hybridized carbons (Fsp3) is 0.200. The van der Waals surface area contributed by atoms with Crippen LogP contribution in [0.2, 0.25) is 0 Å². The van der Waals surface area contributed by atoms with Gasteiger partial charge in [0.05, 0.1) is 11.0 Å². The van der Waals surface area contributed by atoms with Crippen LogP contribution < -0.4 is 4.90 Å². The molecule has 0 unspecified atom stereocenters. The van der Waals surface area contributed by atoms with E-state index in [1.165, 1.54) is 10.5 Å². The molecule has 1 saturated heterocycles. The van der Waals surface area contributed by atoms with Gasteiger partial charge in [-0.05, 0) is 43.1 Å². The Morgan fingerprint density at radius 1 is 0.700 bits per heavy atom. The lowest BCUT2D eigenvalue weighted by atomic mass is 10.1. The minimum atomic E-state index is 0.936. The predicted octanol–water partition coefficient (Wildman–Crippen LogP) is 5.43. The predicted molar refractivity (Wildman–Crippen MR) is 126 cm³/mol. The molecule has 5 heteroatoms. The molecule has 1 aromatic heterocycles. The number of fused-ring (bicyclic) bond motifs is 1. The average molecular weight is 413 g/mol. The van der Waals surface area contributed by atoms with Gasteiger partial charge in [0.2, 0.25) is 0 Å². The third kappa shape index (κ3) is 4.04. The molecule has 0 N–H and O–H groups in total. The Morgan fingerprint density at radius 2 is 1.33 bits per heavy atom. The standard InChI is InChI=1S/C25H24N4S/c1-19-11-13-21(14-12-19)30-29-17-15-28(16-18-29)25-24(20-7-3-2-4-8-20)26-22-9-5-6-10-23(22)27-25/h2-14H,15-18H2,1H3. The molecule has 30 heavy (non-hydrogen) atoms. The first-order valence-electron chi connectivity index (χ1n) is 10.3. The van der Waals surface area contributed by atoms with Crippen molar-refractivity contribution >= 4 is 28.8 Å². The van der Waals surface area contributed by atoms with Crippen molar-refractivity contribution in [3.05, 3.63) is 84.4 Å². The molecule has 0 amide bonds. The number of para-hydroxylation sites is 2. The molecule has 4 aromatic rings. The van der Waals surface area contributed by atoms with Crippen molar-refractivity contribution in [2.45, 2.75) is 11.8 Å². The zero-order chi connectivity index (χ0) is 20.3. The quantitative estimate of drug-likeness (QED) is 0.417. The Kier molecular flexibility index (Phi) is 5.39. The van der Waals surface area contributed by atoms with Gasteiger partial charge >= 0.3 is 0 Å². The third-order valence-corrected chi connectivity index (χ3v) is 6.50. The first-order chi connectivity index (χ1) is 14.8. The summed E-state index contributed by atoms with van der Waals surface area (Å²) in [6, 6.07) is 27.3. The first-order valence-corrected chi connectivity index (χ1v) is 11.1. The summed E-state index contributed by atoms with van der Waals surface area (Å²) in [4.78, 5) is 13.7. The van der Waals surface area contributed by atoms with Gasteiger partial charge in [-0.25, -0.2) is 14.3 Å². The second-order valence-corrected chi connectivity index (χ2v) is 8.74. The molecule has 0 aliphatic carbocycles. The molecule has 4 nitrogen and oxygen atoms in total. The summed E-state index contributed by atoms with van der Waals surface area (Å²) in [7, 11) is 0. The Hall–Kier alpha value is -2.89. The number of aromatic nitrogens is 2. The van der Waals surface area contributed by atoms with E-state index in [4.69, 9.17) is 9.97 Å². The monoisotopic (exact) mass is 412 g/mol. The summed E-state index contributed by atoms with van der Waals surface area (Å²) in [5, 5.41) is 0. The molecular formula is C25H24N4S. The van der Waals surface area contributed by atoms with Gasteiger partial charge in [0.15, 0.2) is 5.82 Å². The second-order valence-electron chi connectivity index (χ2n) is 7.57. The topological polar surface area (TPSA) is 32.3 Å². The molecule has 3 aromatic carbocycles. The number of nitrogens with zero attached hydrogens (tertiary/aromatic N) is 4. The lowest BCUT2D eigenvalue weighted by molar-refractivity contribution is 0.428. The van der Waals surface area contributed by atoms with Crippen LogP contribution >= 0.6 is 11.9 Å². The summed E-state index contributed by atoms with van der Waals surface area (Å²) in [6.07, 6.45) is 0. The van der Waals surface area contributed by atoms with Crippen LogP contribution in [0.25, 0.3) is 22.3 Å². The maximum Gasteiger partial charge on any atom is 0.156 e. The number of piperazine rings is 1. The zero-order valence-corrected chi connectivity index (χ0v) is 17.8. The normalized spacial score (nSPS) is 14.9. The number of hydrogen-bond acceptors (Lipinski definition) is 5. The van der Waals surface area contributed by atoms with Gasteiger partial charge in [-0.1, -0.05) is 60.2 Å². The fourth-order valence-corrected chi connectivity index (χ4v) is 4.64. The Labute approximate surface area is 181 Å². The van der Waals surface area contributed by atoms with E-state index < -0.39 is 0 Å². The second kappa shape index (κ2) is 8.46. The third-order valence-electron chi connectivity index (χ3n) is 5.39. The van der Waals surface area contributed by atoms with Gasteiger partial charge in [-0.15, -0.1) is 0 Å². The molecule has 0 bridgehead atoms. The number of hydrogen-bond donors (Lipinski definition) is 0. The van der Waals surface area contributed by atoms with E-state index in [2.05, 4.69) is 64.7 Å². The summed E-state index contributed by atoms with van der Waals surface area (Å²) in [6.45, 7) is 5.97. The largest absolute Gasteiger partial charge is 0.352 e. The van der Waals surface area contributed by atoms with E-state index in [-0.39, 0.29) is 0 Å². The highest BCUT2D eigenvalue weighted by atomic mass is 32.2. The minimum absolute atomic E-state index is 0.936. The molecular weight excluding hydrogens is 388 g/mol. The van der Waals surface area contributed by atoms with E-state index in [9.17, 15) is 0 Å². The molecule has 0 atom stereocenters. The lowest BCUT2D eigenvalue weighted by Gasteiger charge is -2.35. The number of rotatable bonds is 4. The van der Waals surface area contributed by atoms with Crippen LogP contribution in [0.15, 0.2) is 83.8 Å². The summed E-state index contributed by atoms with van der Waals surface area (Å²) in [5.41, 5.74) is 5.26. The van der Waals surface area contributed by atoms with E-state index >= 15 is 0 Å². The molecule has 150 valence electrons. The molecule has 0 saturated carbocycles. The van der Waals surface area contributed by atoms with Crippen molar-refractivity contribution in [1.29, 1.82) is 0 Å². The average Bonchev–Trinajstić information content (AvgIpc) is 2.81. The van der Waals surface area contributed by atoms with Crippen LogP contribution in [-0.4, -0.2) is 40.5 Å². The van der Waals surface area contributed by atoms with Crippen molar-refractivity contribution in [2.75, 3.05) is 31.1 Å². The van der Waals surface area contributed by atoms with Crippen LogP contribution in [0.3, 0.4) is 0 Å². The van der Waals surface area contributed by atoms with Gasteiger partial charge < -0.3 is 4.90 Å². The molecule has 0 spiro atoms. The number of aryl methyl sites for hydroxylation is 1. The Morgan fingerprint density at radius 3 is 2.03 bits per heavy atom. The molecule has 2 heterocycles. The van der Waals surface area contributed by atoms with Gasteiger partial charge in [0.25, 0.3) is 0 Å². The van der Waals surface area contributed by atoms with Gasteiger partial charge in [0, 0.05) is 36.6 Å². The minimum Gasteiger partial charge on any atom is -0.352 e. The van der Waals surface area contributed by atoms with E-state index in [0.717, 1.165) is 54.3 Å². The number of benzene rings is 3. The molecule has 1 fully saturated rings. The summed E-state index contributed by atoms with van der Waals surface area (Å²) >= 11 is 1.84. The lowest BCUT2D eigenvalue weighted by Crippen LogP contribution is -2.44. The van der Waals surface area contributed by atoms with E-state index in [1.807, 2.05) is 42.3 Å². The maximum atomic E-state index is 5.03. The number of anilines is 1. The highest BCUT2D eigenvalue weighted by Crippen LogP contribution is 2.31. The van der Waals surface area contributed by atoms with Gasteiger partial charge in [0.1, 0.15) is 5.69 Å².